The summed E-state index contributed by atoms with van der Waals surface area (Å²) in [5.74, 6) is 0.518. The topological polar surface area (TPSA) is 40.5 Å². The van der Waals surface area contributed by atoms with Gasteiger partial charge in [0.25, 0.3) is 0 Å². The molecule has 0 aromatic rings. The Kier molecular flexibility index (Phi) is 5.12. The molecule has 0 atom stereocenters. The molecule has 1 amide bonds. The summed E-state index contributed by atoms with van der Waals surface area (Å²) in [6.45, 7) is 2.88. The molecular formula is C6H12ClNO2. The molecule has 0 heterocycles. The minimum Gasteiger partial charge on any atom is -0.465 e. The van der Waals surface area contributed by atoms with Crippen molar-refractivity contribution < 1.29 is 9.90 Å². The second-order valence-electron chi connectivity index (χ2n) is 1.90. The van der Waals surface area contributed by atoms with E-state index in [1.54, 1.807) is 0 Å². The van der Waals surface area contributed by atoms with Crippen molar-refractivity contribution >= 4 is 17.7 Å². The van der Waals surface area contributed by atoms with E-state index in [1.807, 2.05) is 6.92 Å². The summed E-state index contributed by atoms with van der Waals surface area (Å²) >= 11 is 5.39. The molecule has 0 radical (unpaired) electrons. The van der Waals surface area contributed by atoms with Crippen LogP contribution in [-0.2, 0) is 0 Å². The first-order valence-corrected chi connectivity index (χ1v) is 3.79. The summed E-state index contributed by atoms with van der Waals surface area (Å²) in [4.78, 5) is 11.7. The van der Waals surface area contributed by atoms with E-state index in [4.69, 9.17) is 16.7 Å². The van der Waals surface area contributed by atoms with Crippen LogP contribution in [0.4, 0.5) is 4.79 Å². The zero-order valence-electron chi connectivity index (χ0n) is 6.01. The van der Waals surface area contributed by atoms with Gasteiger partial charge in [-0.3, -0.25) is 0 Å². The third-order valence-corrected chi connectivity index (χ3v) is 1.48. The van der Waals surface area contributed by atoms with Gasteiger partial charge in [-0.05, 0) is 13.3 Å². The van der Waals surface area contributed by atoms with Crippen LogP contribution in [0.3, 0.4) is 0 Å². The number of amides is 1. The molecule has 0 unspecified atom stereocenters. The fourth-order valence-corrected chi connectivity index (χ4v) is 0.759. The van der Waals surface area contributed by atoms with Crippen molar-refractivity contribution in [3.63, 3.8) is 0 Å². The molecule has 0 spiro atoms. The second kappa shape index (κ2) is 5.35. The van der Waals surface area contributed by atoms with Gasteiger partial charge in [-0.1, -0.05) is 0 Å². The first-order chi connectivity index (χ1) is 4.72. The summed E-state index contributed by atoms with van der Waals surface area (Å²) in [6.07, 6.45) is -0.144. The maximum absolute atomic E-state index is 10.3. The average molecular weight is 166 g/mol. The Morgan fingerprint density at radius 3 is 2.60 bits per heavy atom. The van der Waals surface area contributed by atoms with Crippen molar-refractivity contribution in [2.24, 2.45) is 0 Å². The van der Waals surface area contributed by atoms with E-state index in [-0.39, 0.29) is 0 Å². The molecule has 0 aliphatic rings. The molecule has 0 aliphatic carbocycles. The van der Waals surface area contributed by atoms with E-state index in [0.29, 0.717) is 19.0 Å². The van der Waals surface area contributed by atoms with Crippen LogP contribution in [0.15, 0.2) is 0 Å². The Bertz CT molecular complexity index is 108. The molecule has 0 rings (SSSR count). The molecule has 0 bridgehead atoms. The Labute approximate surface area is 65.6 Å². The Morgan fingerprint density at radius 1 is 1.70 bits per heavy atom. The lowest BCUT2D eigenvalue weighted by atomic mass is 10.4. The number of hydrogen-bond acceptors (Lipinski definition) is 1. The van der Waals surface area contributed by atoms with Crippen LogP contribution in [0.5, 0.6) is 0 Å². The van der Waals surface area contributed by atoms with Crippen LogP contribution in [0.1, 0.15) is 13.3 Å². The maximum atomic E-state index is 10.3. The number of hydrogen-bond donors (Lipinski definition) is 1. The molecule has 10 heavy (non-hydrogen) atoms. The van der Waals surface area contributed by atoms with Crippen molar-refractivity contribution in [1.29, 1.82) is 0 Å². The molecule has 0 aromatic heterocycles. The van der Waals surface area contributed by atoms with E-state index in [9.17, 15) is 4.79 Å². The van der Waals surface area contributed by atoms with E-state index in [1.165, 1.54) is 4.90 Å². The highest BCUT2D eigenvalue weighted by atomic mass is 35.5. The molecular weight excluding hydrogens is 154 g/mol. The number of halogens is 1. The highest BCUT2D eigenvalue weighted by Crippen LogP contribution is 1.93. The van der Waals surface area contributed by atoms with Gasteiger partial charge in [0.15, 0.2) is 0 Å². The van der Waals surface area contributed by atoms with Crippen molar-refractivity contribution in [1.82, 2.24) is 4.90 Å². The average Bonchev–Trinajstić information content (AvgIpc) is 1.89. The number of carbonyl (C=O) groups is 1. The normalized spacial score (nSPS) is 9.40. The summed E-state index contributed by atoms with van der Waals surface area (Å²) < 4.78 is 0. The Hall–Kier alpha value is -0.440. The van der Waals surface area contributed by atoms with E-state index in [0.717, 1.165) is 6.42 Å². The largest absolute Gasteiger partial charge is 0.465 e. The van der Waals surface area contributed by atoms with Gasteiger partial charge in [0.05, 0.1) is 0 Å². The summed E-state index contributed by atoms with van der Waals surface area (Å²) in [5, 5.41) is 8.48. The van der Waals surface area contributed by atoms with Crippen molar-refractivity contribution in [3.05, 3.63) is 0 Å². The predicted molar refractivity (Wildman–Crippen MR) is 40.6 cm³/mol. The fourth-order valence-electron chi connectivity index (χ4n) is 0.640. The monoisotopic (exact) mass is 165 g/mol. The standard InChI is InChI=1S/C6H12ClNO2/c1-2-8(6(9)10)5-3-4-7/h2-5H2,1H3,(H,9,10). The van der Waals surface area contributed by atoms with Gasteiger partial charge in [0.1, 0.15) is 0 Å². The van der Waals surface area contributed by atoms with Gasteiger partial charge < -0.3 is 10.0 Å². The third kappa shape index (κ3) is 3.56. The molecule has 1 N–H and O–H groups in total. The Morgan fingerprint density at radius 2 is 2.30 bits per heavy atom. The molecule has 0 aliphatic heterocycles. The van der Waals surface area contributed by atoms with Gasteiger partial charge in [-0.2, -0.15) is 0 Å². The van der Waals surface area contributed by atoms with Crippen LogP contribution in [0.25, 0.3) is 0 Å². The number of nitrogens with zero attached hydrogens (tertiary/aromatic N) is 1. The van der Waals surface area contributed by atoms with Crippen molar-refractivity contribution in [2.75, 3.05) is 19.0 Å². The third-order valence-electron chi connectivity index (χ3n) is 1.21. The first-order valence-electron chi connectivity index (χ1n) is 3.26. The quantitative estimate of drug-likeness (QED) is 0.643. The molecule has 0 aromatic carbocycles. The molecule has 60 valence electrons. The van der Waals surface area contributed by atoms with Gasteiger partial charge >= 0.3 is 6.09 Å². The minimum atomic E-state index is -0.868. The van der Waals surface area contributed by atoms with Crippen molar-refractivity contribution in [2.45, 2.75) is 13.3 Å². The van der Waals surface area contributed by atoms with Crippen LogP contribution < -0.4 is 0 Å². The van der Waals surface area contributed by atoms with Gasteiger partial charge in [0.2, 0.25) is 0 Å². The van der Waals surface area contributed by atoms with Crippen LogP contribution in [0.2, 0.25) is 0 Å². The number of rotatable bonds is 4. The molecule has 3 nitrogen and oxygen atoms in total. The summed E-state index contributed by atoms with van der Waals surface area (Å²) in [6, 6.07) is 0. The maximum Gasteiger partial charge on any atom is 0.407 e. The van der Waals surface area contributed by atoms with E-state index < -0.39 is 6.09 Å². The smallest absolute Gasteiger partial charge is 0.407 e. The minimum absolute atomic E-state index is 0.518. The van der Waals surface area contributed by atoms with E-state index >= 15 is 0 Å². The van der Waals surface area contributed by atoms with Crippen LogP contribution in [-0.4, -0.2) is 35.1 Å². The predicted octanol–water partition coefficient (Wildman–Crippen LogP) is 1.62. The zero-order valence-corrected chi connectivity index (χ0v) is 6.76. The number of carboxylic acid groups (broad SMARTS) is 1. The first kappa shape index (κ1) is 9.56. The van der Waals surface area contributed by atoms with Gasteiger partial charge in [-0.25, -0.2) is 4.79 Å². The van der Waals surface area contributed by atoms with E-state index in [2.05, 4.69) is 0 Å². The zero-order chi connectivity index (χ0) is 7.98. The summed E-state index contributed by atoms with van der Waals surface area (Å²) in [5.41, 5.74) is 0. The lowest BCUT2D eigenvalue weighted by Crippen LogP contribution is -2.30. The van der Waals surface area contributed by atoms with Gasteiger partial charge in [-0.15, -0.1) is 11.6 Å². The molecule has 0 saturated carbocycles. The lowest BCUT2D eigenvalue weighted by molar-refractivity contribution is 0.148. The second-order valence-corrected chi connectivity index (χ2v) is 2.28. The highest BCUT2D eigenvalue weighted by Gasteiger charge is 2.06. The van der Waals surface area contributed by atoms with Crippen LogP contribution >= 0.6 is 11.6 Å². The van der Waals surface area contributed by atoms with Gasteiger partial charge in [0, 0.05) is 19.0 Å². The molecule has 4 heteroatoms. The highest BCUT2D eigenvalue weighted by molar-refractivity contribution is 6.17. The van der Waals surface area contributed by atoms with Crippen LogP contribution in [0, 0.1) is 0 Å². The lowest BCUT2D eigenvalue weighted by Gasteiger charge is -2.15. The number of alkyl halides is 1. The SMILES string of the molecule is CCN(CCCCl)C(=O)O. The summed E-state index contributed by atoms with van der Waals surface area (Å²) in [7, 11) is 0. The fraction of sp³-hybridized carbons (Fsp3) is 0.833. The molecule has 0 fully saturated rings. The Balaban J connectivity index is 3.50. The van der Waals surface area contributed by atoms with Crippen molar-refractivity contribution in [3.8, 4) is 0 Å². The molecule has 0 saturated heterocycles.